The van der Waals surface area contributed by atoms with E-state index in [0.717, 1.165) is 18.7 Å². The minimum Gasteiger partial charge on any atom is -0.465 e. The van der Waals surface area contributed by atoms with Crippen molar-refractivity contribution in [2.75, 3.05) is 40.0 Å². The zero-order valence-corrected chi connectivity index (χ0v) is 17.6. The summed E-state index contributed by atoms with van der Waals surface area (Å²) < 4.78 is 38.5. The van der Waals surface area contributed by atoms with Gasteiger partial charge in [0.15, 0.2) is 0 Å². The molecule has 29 heavy (non-hydrogen) atoms. The number of methoxy groups -OCH3 is 1. The maximum Gasteiger partial charge on any atom is 0.337 e. The number of halogens is 1. The predicted octanol–water partition coefficient (Wildman–Crippen LogP) is 2.48. The first-order valence-corrected chi connectivity index (χ1v) is 11.0. The Hall–Kier alpha value is -1.97. The van der Waals surface area contributed by atoms with Crippen LogP contribution in [0.2, 0.25) is 5.02 Å². The molecule has 1 aliphatic rings. The van der Waals surface area contributed by atoms with Crippen LogP contribution in [0.4, 0.5) is 0 Å². The maximum absolute atomic E-state index is 12.9. The summed E-state index contributed by atoms with van der Waals surface area (Å²) in [5, 5.41) is -0.0389. The van der Waals surface area contributed by atoms with E-state index >= 15 is 0 Å². The molecule has 0 radical (unpaired) electrons. The van der Waals surface area contributed by atoms with E-state index in [4.69, 9.17) is 16.3 Å². The normalized spacial score (nSPS) is 16.3. The van der Waals surface area contributed by atoms with Crippen molar-refractivity contribution in [3.63, 3.8) is 0 Å². The number of rotatable bonds is 7. The van der Waals surface area contributed by atoms with Crippen LogP contribution >= 0.6 is 11.6 Å². The molecular weight excluding hydrogens is 416 g/mol. The highest BCUT2D eigenvalue weighted by Gasteiger charge is 2.26. The van der Waals surface area contributed by atoms with Crippen molar-refractivity contribution in [2.24, 2.45) is 0 Å². The first-order valence-electron chi connectivity index (χ1n) is 9.16. The van der Waals surface area contributed by atoms with Crippen LogP contribution in [0, 0.1) is 0 Å². The van der Waals surface area contributed by atoms with Gasteiger partial charge in [0.2, 0.25) is 10.0 Å². The molecular formula is C20H23ClN2O5S. The Morgan fingerprint density at radius 2 is 1.90 bits per heavy atom. The highest BCUT2D eigenvalue weighted by atomic mass is 35.5. The molecule has 0 amide bonds. The number of ether oxygens (including phenoxy) is 2. The predicted molar refractivity (Wildman–Crippen MR) is 110 cm³/mol. The van der Waals surface area contributed by atoms with Crippen molar-refractivity contribution < 1.29 is 22.7 Å². The zero-order valence-electron chi connectivity index (χ0n) is 16.0. The Morgan fingerprint density at radius 1 is 1.21 bits per heavy atom. The Balaban J connectivity index is 1.80. The van der Waals surface area contributed by atoms with E-state index in [1.807, 2.05) is 30.3 Å². The van der Waals surface area contributed by atoms with Crippen LogP contribution < -0.4 is 4.72 Å². The molecule has 3 rings (SSSR count). The number of carbonyl (C=O) groups is 1. The third-order valence-electron chi connectivity index (χ3n) is 4.78. The van der Waals surface area contributed by atoms with Gasteiger partial charge in [-0.15, -0.1) is 0 Å². The third-order valence-corrected chi connectivity index (χ3v) is 6.69. The van der Waals surface area contributed by atoms with E-state index in [1.165, 1.54) is 25.3 Å². The van der Waals surface area contributed by atoms with Gasteiger partial charge in [0, 0.05) is 25.7 Å². The van der Waals surface area contributed by atoms with Gasteiger partial charge in [0.05, 0.1) is 30.9 Å². The largest absolute Gasteiger partial charge is 0.465 e. The molecule has 1 unspecified atom stereocenters. The van der Waals surface area contributed by atoms with Gasteiger partial charge in [0.25, 0.3) is 0 Å². The lowest BCUT2D eigenvalue weighted by molar-refractivity contribution is 0.0172. The third kappa shape index (κ3) is 5.34. The molecule has 0 aromatic heterocycles. The first kappa shape index (κ1) is 21.7. The highest BCUT2D eigenvalue weighted by molar-refractivity contribution is 7.89. The van der Waals surface area contributed by atoms with Crippen LogP contribution in [-0.4, -0.2) is 59.2 Å². The second-order valence-electron chi connectivity index (χ2n) is 6.56. The van der Waals surface area contributed by atoms with E-state index in [9.17, 15) is 13.2 Å². The standard InChI is InChI=1S/C20H23ClN2O5S/c1-27-20(24)16-7-8-19(17(21)13-16)29(25,26)22-14-18(15-5-3-2-4-6-15)23-9-11-28-12-10-23/h2-8,13,18,22H,9-12,14H2,1H3. The number of esters is 1. The smallest absolute Gasteiger partial charge is 0.337 e. The molecule has 0 saturated carbocycles. The van der Waals surface area contributed by atoms with Crippen LogP contribution in [0.5, 0.6) is 0 Å². The van der Waals surface area contributed by atoms with E-state index in [1.54, 1.807) is 0 Å². The van der Waals surface area contributed by atoms with Crippen LogP contribution in [0.1, 0.15) is 22.0 Å². The summed E-state index contributed by atoms with van der Waals surface area (Å²) in [6.07, 6.45) is 0. The summed E-state index contributed by atoms with van der Waals surface area (Å²) in [5.41, 5.74) is 1.20. The van der Waals surface area contributed by atoms with E-state index in [-0.39, 0.29) is 28.1 Å². The molecule has 1 saturated heterocycles. The van der Waals surface area contributed by atoms with Gasteiger partial charge in [0.1, 0.15) is 4.90 Å². The molecule has 9 heteroatoms. The van der Waals surface area contributed by atoms with Crippen molar-refractivity contribution in [1.82, 2.24) is 9.62 Å². The minimum atomic E-state index is -3.87. The Morgan fingerprint density at radius 3 is 2.52 bits per heavy atom. The fraction of sp³-hybridized carbons (Fsp3) is 0.350. The van der Waals surface area contributed by atoms with Crippen molar-refractivity contribution in [3.05, 3.63) is 64.7 Å². The fourth-order valence-electron chi connectivity index (χ4n) is 3.25. The van der Waals surface area contributed by atoms with Gasteiger partial charge in [-0.1, -0.05) is 41.9 Å². The Kier molecular flexibility index (Phi) is 7.26. The molecule has 0 spiro atoms. The van der Waals surface area contributed by atoms with Gasteiger partial charge in [-0.05, 0) is 23.8 Å². The topological polar surface area (TPSA) is 84.9 Å². The van der Waals surface area contributed by atoms with E-state index in [0.29, 0.717) is 13.2 Å². The molecule has 1 atom stereocenters. The molecule has 156 valence electrons. The molecule has 1 heterocycles. The number of nitrogens with one attached hydrogen (secondary N) is 1. The molecule has 1 N–H and O–H groups in total. The summed E-state index contributed by atoms with van der Waals surface area (Å²) in [6.45, 7) is 2.83. The summed E-state index contributed by atoms with van der Waals surface area (Å²) in [4.78, 5) is 13.7. The number of morpholine rings is 1. The Bertz CT molecular complexity index is 947. The highest BCUT2D eigenvalue weighted by Crippen LogP contribution is 2.25. The van der Waals surface area contributed by atoms with Crippen LogP contribution in [0.25, 0.3) is 0 Å². The molecule has 7 nitrogen and oxygen atoms in total. The quantitative estimate of drug-likeness (QED) is 0.668. The molecule has 1 aliphatic heterocycles. The van der Waals surface area contributed by atoms with Gasteiger partial charge < -0.3 is 9.47 Å². The number of carbonyl (C=O) groups excluding carboxylic acids is 1. The minimum absolute atomic E-state index is 0.0389. The summed E-state index contributed by atoms with van der Waals surface area (Å²) in [5.74, 6) is -0.583. The lowest BCUT2D eigenvalue weighted by Crippen LogP contribution is -2.43. The first-order chi connectivity index (χ1) is 13.9. The summed E-state index contributed by atoms with van der Waals surface area (Å²) in [7, 11) is -2.63. The summed E-state index contributed by atoms with van der Waals surface area (Å²) >= 11 is 6.14. The zero-order chi connectivity index (χ0) is 20.9. The molecule has 0 bridgehead atoms. The van der Waals surface area contributed by atoms with Gasteiger partial charge in [-0.25, -0.2) is 17.9 Å². The number of hydrogen-bond acceptors (Lipinski definition) is 6. The van der Waals surface area contributed by atoms with Crippen LogP contribution in [0.15, 0.2) is 53.4 Å². The molecule has 1 fully saturated rings. The number of hydrogen-bond donors (Lipinski definition) is 1. The molecule has 2 aromatic rings. The van der Waals surface area contributed by atoms with Crippen molar-refractivity contribution in [3.8, 4) is 0 Å². The second-order valence-corrected chi connectivity index (χ2v) is 8.71. The van der Waals surface area contributed by atoms with E-state index in [2.05, 4.69) is 14.4 Å². The Labute approximate surface area is 175 Å². The average Bonchev–Trinajstić information content (AvgIpc) is 2.74. The lowest BCUT2D eigenvalue weighted by atomic mass is 10.1. The van der Waals surface area contributed by atoms with Gasteiger partial charge in [-0.2, -0.15) is 0 Å². The van der Waals surface area contributed by atoms with Gasteiger partial charge in [-0.3, -0.25) is 4.90 Å². The average molecular weight is 439 g/mol. The van der Waals surface area contributed by atoms with Crippen molar-refractivity contribution in [1.29, 1.82) is 0 Å². The van der Waals surface area contributed by atoms with Crippen LogP contribution in [0.3, 0.4) is 0 Å². The second kappa shape index (κ2) is 9.69. The monoisotopic (exact) mass is 438 g/mol. The summed E-state index contributed by atoms with van der Waals surface area (Å²) in [6, 6.07) is 13.6. The van der Waals surface area contributed by atoms with Gasteiger partial charge >= 0.3 is 5.97 Å². The van der Waals surface area contributed by atoms with Crippen molar-refractivity contribution in [2.45, 2.75) is 10.9 Å². The van der Waals surface area contributed by atoms with Crippen molar-refractivity contribution >= 4 is 27.6 Å². The molecule has 2 aromatic carbocycles. The lowest BCUT2D eigenvalue weighted by Gasteiger charge is -2.34. The maximum atomic E-state index is 12.9. The fourth-order valence-corrected chi connectivity index (χ4v) is 4.83. The van der Waals surface area contributed by atoms with Crippen LogP contribution in [-0.2, 0) is 19.5 Å². The molecule has 0 aliphatic carbocycles. The number of sulfonamides is 1. The SMILES string of the molecule is COC(=O)c1ccc(S(=O)(=O)NCC(c2ccccc2)N2CCOCC2)c(Cl)c1. The number of nitrogens with zero attached hydrogens (tertiary/aromatic N) is 1. The number of benzene rings is 2. The van der Waals surface area contributed by atoms with E-state index < -0.39 is 16.0 Å².